The molecule has 0 saturated heterocycles. The van der Waals surface area contributed by atoms with E-state index in [2.05, 4.69) is 15.5 Å². The van der Waals surface area contributed by atoms with E-state index in [1.54, 1.807) is 28.6 Å². The minimum Gasteiger partial charge on any atom is -0.465 e. The molecule has 2 aliphatic rings. The highest BCUT2D eigenvalue weighted by Gasteiger charge is 2.47. The maximum atomic E-state index is 12.5. The lowest BCUT2D eigenvalue weighted by molar-refractivity contribution is -0.152. The van der Waals surface area contributed by atoms with Gasteiger partial charge in [0.2, 0.25) is 0 Å². The van der Waals surface area contributed by atoms with Gasteiger partial charge >= 0.3 is 5.97 Å². The zero-order valence-corrected chi connectivity index (χ0v) is 13.8. The average molecular weight is 327 g/mol. The van der Waals surface area contributed by atoms with E-state index in [0.29, 0.717) is 17.9 Å². The highest BCUT2D eigenvalue weighted by Crippen LogP contribution is 2.40. The summed E-state index contributed by atoms with van der Waals surface area (Å²) in [6, 6.07) is 0.500. The number of aromatic nitrogens is 2. The Balaban J connectivity index is 1.70. The van der Waals surface area contributed by atoms with Crippen LogP contribution in [0.1, 0.15) is 45.4 Å². The summed E-state index contributed by atoms with van der Waals surface area (Å²) in [7, 11) is 0. The zero-order chi connectivity index (χ0) is 14.7. The molecule has 0 spiro atoms. The third-order valence-electron chi connectivity index (χ3n) is 4.04. The van der Waals surface area contributed by atoms with Gasteiger partial charge < -0.3 is 4.74 Å². The molecule has 1 aromatic rings. The number of nitrogens with one attached hydrogen (secondary N) is 1. The third-order valence-corrected chi connectivity index (χ3v) is 6.12. The molecule has 5 nitrogen and oxygen atoms in total. The number of carbonyl (C=O) groups excluding carboxylic acids is 1. The summed E-state index contributed by atoms with van der Waals surface area (Å²) >= 11 is 3.32. The van der Waals surface area contributed by atoms with Crippen molar-refractivity contribution >= 4 is 29.1 Å². The molecule has 1 heterocycles. The summed E-state index contributed by atoms with van der Waals surface area (Å²) in [5.74, 6) is -0.0699. The molecule has 2 aliphatic carbocycles. The van der Waals surface area contributed by atoms with Crippen molar-refractivity contribution in [1.82, 2.24) is 15.5 Å². The highest BCUT2D eigenvalue weighted by molar-refractivity contribution is 8.01. The monoisotopic (exact) mass is 327 g/mol. The van der Waals surface area contributed by atoms with Gasteiger partial charge in [-0.2, -0.15) is 0 Å². The second-order valence-corrected chi connectivity index (χ2v) is 8.14. The molecule has 0 radical (unpaired) electrons. The second kappa shape index (κ2) is 6.62. The summed E-state index contributed by atoms with van der Waals surface area (Å²) in [6.07, 6.45) is 6.24. The standard InChI is InChI=1S/C14H21N3O2S2/c1-2-19-12(18)14(16-10-5-6-10)7-3-4-11(8-14)21-13-17-15-9-20-13/h9-11,16H,2-8H2,1H3. The van der Waals surface area contributed by atoms with Crippen LogP contribution in [0.4, 0.5) is 0 Å². The van der Waals surface area contributed by atoms with Gasteiger partial charge in [-0.05, 0) is 45.4 Å². The van der Waals surface area contributed by atoms with Gasteiger partial charge in [0.15, 0.2) is 4.34 Å². The fourth-order valence-electron chi connectivity index (χ4n) is 2.94. The van der Waals surface area contributed by atoms with Gasteiger partial charge in [-0.1, -0.05) is 23.1 Å². The SMILES string of the molecule is CCOC(=O)C1(NC2CC2)CCCC(Sc2nncs2)C1. The van der Waals surface area contributed by atoms with Gasteiger partial charge in [-0.3, -0.25) is 10.1 Å². The average Bonchev–Trinajstić information content (AvgIpc) is 3.13. The lowest BCUT2D eigenvalue weighted by atomic mass is 9.81. The smallest absolute Gasteiger partial charge is 0.326 e. The van der Waals surface area contributed by atoms with Crippen molar-refractivity contribution in [3.05, 3.63) is 5.51 Å². The molecule has 2 atom stereocenters. The van der Waals surface area contributed by atoms with Crippen LogP contribution < -0.4 is 5.32 Å². The second-order valence-electron chi connectivity index (χ2n) is 5.76. The first-order valence-electron chi connectivity index (χ1n) is 7.59. The molecule has 7 heteroatoms. The van der Waals surface area contributed by atoms with Crippen LogP contribution in [0.2, 0.25) is 0 Å². The van der Waals surface area contributed by atoms with Crippen molar-refractivity contribution in [3.8, 4) is 0 Å². The van der Waals surface area contributed by atoms with E-state index in [4.69, 9.17) is 4.74 Å². The molecule has 2 saturated carbocycles. The molecule has 2 fully saturated rings. The van der Waals surface area contributed by atoms with Crippen LogP contribution in [-0.4, -0.2) is 39.6 Å². The number of ether oxygens (including phenoxy) is 1. The van der Waals surface area contributed by atoms with Crippen LogP contribution in [-0.2, 0) is 9.53 Å². The van der Waals surface area contributed by atoms with Gasteiger partial charge in [0, 0.05) is 11.3 Å². The van der Waals surface area contributed by atoms with Crippen molar-refractivity contribution in [2.45, 2.75) is 66.6 Å². The molecule has 1 N–H and O–H groups in total. The van der Waals surface area contributed by atoms with E-state index in [1.807, 2.05) is 6.92 Å². The first kappa shape index (κ1) is 15.2. The number of carbonyl (C=O) groups is 1. The van der Waals surface area contributed by atoms with E-state index in [0.717, 1.165) is 30.0 Å². The van der Waals surface area contributed by atoms with E-state index in [1.165, 1.54) is 12.8 Å². The van der Waals surface area contributed by atoms with E-state index in [9.17, 15) is 4.79 Å². The maximum Gasteiger partial charge on any atom is 0.326 e. The predicted molar refractivity (Wildman–Crippen MR) is 83.5 cm³/mol. The lowest BCUT2D eigenvalue weighted by Gasteiger charge is -2.39. The molecule has 21 heavy (non-hydrogen) atoms. The Morgan fingerprint density at radius 2 is 2.43 bits per heavy atom. The first-order valence-corrected chi connectivity index (χ1v) is 9.35. The van der Waals surface area contributed by atoms with E-state index < -0.39 is 5.54 Å². The summed E-state index contributed by atoms with van der Waals surface area (Å²) in [4.78, 5) is 12.5. The third kappa shape index (κ3) is 3.76. The summed E-state index contributed by atoms with van der Waals surface area (Å²) in [5, 5.41) is 12.0. The van der Waals surface area contributed by atoms with Crippen molar-refractivity contribution in [1.29, 1.82) is 0 Å². The van der Waals surface area contributed by atoms with Gasteiger partial charge in [-0.25, -0.2) is 0 Å². The lowest BCUT2D eigenvalue weighted by Crippen LogP contribution is -2.57. The number of hydrogen-bond donors (Lipinski definition) is 1. The maximum absolute atomic E-state index is 12.5. The Bertz CT molecular complexity index is 479. The first-order chi connectivity index (χ1) is 10.2. The summed E-state index contributed by atoms with van der Waals surface area (Å²) in [5.41, 5.74) is 1.27. The van der Waals surface area contributed by atoms with Crippen molar-refractivity contribution < 1.29 is 9.53 Å². The Morgan fingerprint density at radius 1 is 1.57 bits per heavy atom. The molecule has 1 aromatic heterocycles. The van der Waals surface area contributed by atoms with Crippen molar-refractivity contribution in [2.24, 2.45) is 0 Å². The topological polar surface area (TPSA) is 64.1 Å². The highest BCUT2D eigenvalue weighted by atomic mass is 32.2. The molecular weight excluding hydrogens is 306 g/mol. The predicted octanol–water partition coefficient (Wildman–Crippen LogP) is 2.63. The molecule has 116 valence electrons. The molecule has 2 unspecified atom stereocenters. The van der Waals surface area contributed by atoms with Gasteiger partial charge in [0.1, 0.15) is 11.0 Å². The number of thioether (sulfide) groups is 1. The van der Waals surface area contributed by atoms with Crippen LogP contribution in [0, 0.1) is 0 Å². The quantitative estimate of drug-likeness (QED) is 0.810. The molecule has 0 amide bonds. The normalized spacial score (nSPS) is 29.3. The van der Waals surface area contributed by atoms with E-state index in [-0.39, 0.29) is 5.97 Å². The Morgan fingerprint density at radius 3 is 3.10 bits per heavy atom. The zero-order valence-electron chi connectivity index (χ0n) is 12.2. The minimum absolute atomic E-state index is 0.0699. The Labute approximate surface area is 133 Å². The van der Waals surface area contributed by atoms with Crippen LogP contribution in [0.15, 0.2) is 9.85 Å². The fraction of sp³-hybridized carbons (Fsp3) is 0.786. The van der Waals surface area contributed by atoms with Crippen LogP contribution in [0.5, 0.6) is 0 Å². The number of nitrogens with zero attached hydrogens (tertiary/aromatic N) is 2. The van der Waals surface area contributed by atoms with Gasteiger partial charge in [0.25, 0.3) is 0 Å². The molecule has 0 aliphatic heterocycles. The minimum atomic E-state index is -0.488. The Kier molecular flexibility index (Phi) is 4.81. The molecule has 0 aromatic carbocycles. The number of hydrogen-bond acceptors (Lipinski definition) is 7. The van der Waals surface area contributed by atoms with Crippen molar-refractivity contribution in [2.75, 3.05) is 6.61 Å². The Hall–Kier alpha value is -0.660. The van der Waals surface area contributed by atoms with Crippen molar-refractivity contribution in [3.63, 3.8) is 0 Å². The molecule has 3 rings (SSSR count). The van der Waals surface area contributed by atoms with E-state index >= 15 is 0 Å². The number of esters is 1. The fourth-order valence-corrected chi connectivity index (χ4v) is 5.01. The summed E-state index contributed by atoms with van der Waals surface area (Å²) < 4.78 is 6.35. The van der Waals surface area contributed by atoms with Gasteiger partial charge in [0.05, 0.1) is 6.61 Å². The largest absolute Gasteiger partial charge is 0.465 e. The summed E-state index contributed by atoms with van der Waals surface area (Å²) in [6.45, 7) is 2.32. The van der Waals surface area contributed by atoms with Crippen LogP contribution >= 0.6 is 23.1 Å². The molecular formula is C14H21N3O2S2. The molecule has 0 bridgehead atoms. The number of rotatable bonds is 6. The van der Waals surface area contributed by atoms with Crippen LogP contribution in [0.3, 0.4) is 0 Å². The van der Waals surface area contributed by atoms with Gasteiger partial charge in [-0.15, -0.1) is 10.2 Å². The van der Waals surface area contributed by atoms with Crippen LogP contribution in [0.25, 0.3) is 0 Å².